The van der Waals surface area contributed by atoms with E-state index in [1.54, 1.807) is 0 Å². The molecule has 0 aliphatic rings. The van der Waals surface area contributed by atoms with E-state index in [0.29, 0.717) is 25.1 Å². The summed E-state index contributed by atoms with van der Waals surface area (Å²) in [6.45, 7) is 17.1. The van der Waals surface area contributed by atoms with Crippen molar-refractivity contribution in [3.05, 3.63) is 0 Å². The molecule has 0 rings (SSSR count). The Kier molecular flexibility index (Phi) is 10.7. The summed E-state index contributed by atoms with van der Waals surface area (Å²) in [4.78, 5) is 12.3. The molecule has 0 aliphatic heterocycles. The largest absolute Gasteiger partial charge is 0.322 e. The normalized spacial score (nSPS) is 15.2. The van der Waals surface area contributed by atoms with Crippen LogP contribution < -0.4 is 0 Å². The fourth-order valence-electron chi connectivity index (χ4n) is 2.10. The van der Waals surface area contributed by atoms with Crippen LogP contribution in [0.25, 0.3) is 0 Å². The Morgan fingerprint density at radius 3 is 1.90 bits per heavy atom. The molecule has 0 aliphatic carbocycles. The monoisotopic (exact) mass is 319 g/mol. The summed E-state index contributed by atoms with van der Waals surface area (Å²) >= 11 is 0. The maximum absolute atomic E-state index is 12.3. The summed E-state index contributed by atoms with van der Waals surface area (Å²) in [5.41, 5.74) is 0. The van der Waals surface area contributed by atoms with Crippen molar-refractivity contribution < 1.29 is 13.8 Å². The smallest absolute Gasteiger partial charge is 0.259 e. The summed E-state index contributed by atoms with van der Waals surface area (Å²) in [5.74, 6) is 0.155. The van der Waals surface area contributed by atoms with Crippen molar-refractivity contribution >= 4 is 14.3 Å². The van der Waals surface area contributed by atoms with Crippen molar-refractivity contribution in [2.75, 3.05) is 6.61 Å². The van der Waals surface area contributed by atoms with Gasteiger partial charge in [-0.15, -0.1) is 0 Å². The molecule has 0 saturated carbocycles. The van der Waals surface area contributed by atoms with E-state index >= 15 is 0 Å². The lowest BCUT2D eigenvalue weighted by Crippen LogP contribution is -2.36. The van der Waals surface area contributed by atoms with Crippen molar-refractivity contribution in [1.82, 2.24) is 4.67 Å². The third kappa shape index (κ3) is 7.19. The zero-order valence-electron chi connectivity index (χ0n) is 15.0. The van der Waals surface area contributed by atoms with Crippen molar-refractivity contribution in [2.24, 2.45) is 5.92 Å². The van der Waals surface area contributed by atoms with Crippen molar-refractivity contribution in [3.63, 3.8) is 0 Å². The zero-order valence-corrected chi connectivity index (χ0v) is 15.9. The van der Waals surface area contributed by atoms with Gasteiger partial charge in [0, 0.05) is 18.0 Å². The van der Waals surface area contributed by atoms with Gasteiger partial charge in [-0.05, 0) is 40.5 Å². The molecule has 5 heteroatoms. The lowest BCUT2D eigenvalue weighted by molar-refractivity contribution is -0.129. The fourth-order valence-corrected chi connectivity index (χ4v) is 3.97. The second-order valence-corrected chi connectivity index (χ2v) is 7.60. The summed E-state index contributed by atoms with van der Waals surface area (Å²) < 4.78 is 14.3. The van der Waals surface area contributed by atoms with E-state index in [1.165, 1.54) is 0 Å². The number of carbonyl (C=O) groups excluding carboxylic acids is 1. The number of hydrogen-bond donors (Lipinski definition) is 0. The van der Waals surface area contributed by atoms with Gasteiger partial charge in [-0.2, -0.15) is 0 Å². The molecule has 0 fully saturated rings. The maximum Gasteiger partial charge on any atom is 0.259 e. The minimum atomic E-state index is -1.20. The topological polar surface area (TPSA) is 38.8 Å². The number of hydrogen-bond acceptors (Lipinski definition) is 4. The van der Waals surface area contributed by atoms with Crippen LogP contribution in [0.3, 0.4) is 0 Å². The highest BCUT2D eigenvalue weighted by atomic mass is 31.2. The van der Waals surface area contributed by atoms with Crippen LogP contribution in [0.4, 0.5) is 0 Å². The molecule has 0 bridgehead atoms. The van der Waals surface area contributed by atoms with E-state index in [9.17, 15) is 4.79 Å². The molecule has 0 aromatic carbocycles. The quantitative estimate of drug-likeness (QED) is 0.514. The molecule has 0 N–H and O–H groups in total. The van der Waals surface area contributed by atoms with E-state index in [4.69, 9.17) is 9.05 Å². The number of ketones is 1. The molecule has 0 radical (unpaired) electrons. The lowest BCUT2D eigenvalue weighted by Gasteiger charge is -2.37. The molecular weight excluding hydrogens is 285 g/mol. The van der Waals surface area contributed by atoms with Crippen LogP contribution in [0.2, 0.25) is 0 Å². The molecule has 0 amide bonds. The van der Waals surface area contributed by atoms with E-state index in [0.717, 1.165) is 6.42 Å². The van der Waals surface area contributed by atoms with Crippen LogP contribution in [0.5, 0.6) is 0 Å². The Morgan fingerprint density at radius 2 is 1.57 bits per heavy atom. The average Bonchev–Trinajstić information content (AvgIpc) is 2.39. The first kappa shape index (κ1) is 21.0. The average molecular weight is 319 g/mol. The van der Waals surface area contributed by atoms with E-state index < -0.39 is 8.53 Å². The molecular formula is C16H34NO3P. The van der Waals surface area contributed by atoms with Crippen LogP contribution in [0.15, 0.2) is 0 Å². The van der Waals surface area contributed by atoms with Crippen molar-refractivity contribution in [3.8, 4) is 0 Å². The summed E-state index contributed by atoms with van der Waals surface area (Å²) in [6, 6.07) is 0.638. The molecule has 2 atom stereocenters. The molecule has 0 spiro atoms. The Labute approximate surface area is 132 Å². The van der Waals surface area contributed by atoms with Crippen LogP contribution in [-0.2, 0) is 13.8 Å². The standard InChI is InChI=1S/C16H34NO3P/c1-9-11-19-21(17(13(5)6)14(7)8)20-15(10-2)16(18)12(3)4/h12-15H,9-11H2,1-8H3. The highest BCUT2D eigenvalue weighted by Crippen LogP contribution is 2.47. The van der Waals surface area contributed by atoms with E-state index in [2.05, 4.69) is 39.3 Å². The molecule has 4 nitrogen and oxygen atoms in total. The number of nitrogens with zero attached hydrogens (tertiary/aromatic N) is 1. The van der Waals surface area contributed by atoms with Gasteiger partial charge in [0.2, 0.25) is 0 Å². The molecule has 0 aromatic heterocycles. The first-order valence-corrected chi connectivity index (χ1v) is 9.30. The Balaban J connectivity index is 5.07. The highest BCUT2D eigenvalue weighted by molar-refractivity contribution is 7.44. The van der Waals surface area contributed by atoms with E-state index in [1.807, 2.05) is 20.8 Å². The second-order valence-electron chi connectivity index (χ2n) is 6.20. The molecule has 21 heavy (non-hydrogen) atoms. The minimum Gasteiger partial charge on any atom is -0.322 e. The van der Waals surface area contributed by atoms with Crippen molar-refractivity contribution in [1.29, 1.82) is 0 Å². The van der Waals surface area contributed by atoms with Crippen LogP contribution in [-0.4, -0.2) is 35.2 Å². The predicted octanol–water partition coefficient (Wildman–Crippen LogP) is 4.78. The molecule has 0 aromatic rings. The van der Waals surface area contributed by atoms with E-state index in [-0.39, 0.29) is 17.8 Å². The van der Waals surface area contributed by atoms with Gasteiger partial charge >= 0.3 is 0 Å². The maximum atomic E-state index is 12.3. The zero-order chi connectivity index (χ0) is 16.6. The first-order valence-electron chi connectivity index (χ1n) is 8.17. The first-order chi connectivity index (χ1) is 9.76. The molecule has 0 saturated heterocycles. The van der Waals surface area contributed by atoms with Crippen LogP contribution in [0.1, 0.15) is 68.2 Å². The van der Waals surface area contributed by atoms with Gasteiger partial charge in [0.15, 0.2) is 5.78 Å². The van der Waals surface area contributed by atoms with Gasteiger partial charge in [-0.25, -0.2) is 4.67 Å². The van der Waals surface area contributed by atoms with Crippen LogP contribution >= 0.6 is 8.53 Å². The number of rotatable bonds is 11. The number of carbonyl (C=O) groups is 1. The Hall–Kier alpha value is -0.0200. The van der Waals surface area contributed by atoms with Gasteiger partial charge in [0.25, 0.3) is 8.53 Å². The van der Waals surface area contributed by atoms with Gasteiger partial charge in [0.05, 0.1) is 6.61 Å². The predicted molar refractivity (Wildman–Crippen MR) is 90.3 cm³/mol. The van der Waals surface area contributed by atoms with Crippen molar-refractivity contribution in [2.45, 2.75) is 86.4 Å². The third-order valence-corrected chi connectivity index (χ3v) is 5.27. The number of Topliss-reactive ketones (excluding diaryl/α,β-unsaturated/α-hetero) is 1. The Bertz CT molecular complexity index is 287. The van der Waals surface area contributed by atoms with Gasteiger partial charge in [0.1, 0.15) is 6.10 Å². The minimum absolute atomic E-state index is 0.00970. The van der Waals surface area contributed by atoms with Gasteiger partial charge < -0.3 is 9.05 Å². The molecule has 0 heterocycles. The van der Waals surface area contributed by atoms with Gasteiger partial charge in [-0.1, -0.05) is 27.7 Å². The highest BCUT2D eigenvalue weighted by Gasteiger charge is 2.32. The SMILES string of the molecule is CCCOP(OC(CC)C(=O)C(C)C)N(C(C)C)C(C)C. The third-order valence-electron chi connectivity index (χ3n) is 3.13. The molecule has 126 valence electrons. The van der Waals surface area contributed by atoms with Crippen LogP contribution in [0, 0.1) is 5.92 Å². The second kappa shape index (κ2) is 10.7. The molecule has 2 unspecified atom stereocenters. The van der Waals surface area contributed by atoms with Gasteiger partial charge in [-0.3, -0.25) is 4.79 Å². The summed E-state index contributed by atoms with van der Waals surface area (Å²) in [7, 11) is -1.20. The summed E-state index contributed by atoms with van der Waals surface area (Å²) in [5, 5.41) is 0. The fraction of sp³-hybridized carbons (Fsp3) is 0.938. The Morgan fingerprint density at radius 1 is 1.05 bits per heavy atom. The summed E-state index contributed by atoms with van der Waals surface area (Å²) in [6.07, 6.45) is 1.27. The lowest BCUT2D eigenvalue weighted by atomic mass is 10.0.